The second-order valence-electron chi connectivity index (χ2n) is 5.36. The lowest BCUT2D eigenvalue weighted by atomic mass is 9.79. The molecule has 4 nitrogen and oxygen atoms in total. The molecule has 2 atom stereocenters. The Kier molecular flexibility index (Phi) is 5.26. The monoisotopic (exact) mass is 297 g/mol. The Morgan fingerprint density at radius 3 is 2.80 bits per heavy atom. The maximum absolute atomic E-state index is 11.2. The van der Waals surface area contributed by atoms with Crippen molar-refractivity contribution in [1.82, 2.24) is 5.32 Å². The first-order valence-electron chi connectivity index (χ1n) is 6.99. The molecule has 2 unspecified atom stereocenters. The van der Waals surface area contributed by atoms with Gasteiger partial charge in [0.05, 0.1) is 5.92 Å². The molecule has 0 amide bonds. The van der Waals surface area contributed by atoms with Gasteiger partial charge in [-0.15, -0.1) is 0 Å². The molecule has 1 aliphatic carbocycles. The summed E-state index contributed by atoms with van der Waals surface area (Å²) in [6, 6.07) is 5.03. The molecule has 0 saturated heterocycles. The Labute approximate surface area is 123 Å². The van der Waals surface area contributed by atoms with Crippen LogP contribution in [0.2, 0.25) is 5.02 Å². The van der Waals surface area contributed by atoms with Gasteiger partial charge in [0.25, 0.3) is 0 Å². The smallest absolute Gasteiger partial charge is 0.306 e. The molecule has 1 saturated carbocycles. The summed E-state index contributed by atoms with van der Waals surface area (Å²) in [7, 11) is 0. The zero-order valence-electron chi connectivity index (χ0n) is 11.3. The van der Waals surface area contributed by atoms with E-state index >= 15 is 0 Å². The molecular weight excluding hydrogens is 278 g/mol. The van der Waals surface area contributed by atoms with E-state index in [1.165, 1.54) is 0 Å². The number of nitrogens with one attached hydrogen (secondary N) is 1. The van der Waals surface area contributed by atoms with E-state index in [-0.39, 0.29) is 17.6 Å². The van der Waals surface area contributed by atoms with Crippen LogP contribution in [-0.4, -0.2) is 22.7 Å². The van der Waals surface area contributed by atoms with E-state index in [4.69, 9.17) is 11.6 Å². The lowest BCUT2D eigenvalue weighted by Crippen LogP contribution is -2.34. The number of carboxylic acid groups (broad SMARTS) is 1. The summed E-state index contributed by atoms with van der Waals surface area (Å²) < 4.78 is 0. The third kappa shape index (κ3) is 3.64. The minimum atomic E-state index is -0.697. The first-order valence-corrected chi connectivity index (χ1v) is 7.37. The number of rotatable bonds is 5. The van der Waals surface area contributed by atoms with E-state index in [0.29, 0.717) is 23.7 Å². The fraction of sp³-hybridized carbons (Fsp3) is 0.533. The van der Waals surface area contributed by atoms with Gasteiger partial charge in [0.15, 0.2) is 0 Å². The van der Waals surface area contributed by atoms with E-state index in [9.17, 15) is 15.0 Å². The Morgan fingerprint density at radius 1 is 1.35 bits per heavy atom. The molecule has 110 valence electrons. The molecule has 1 fully saturated rings. The third-order valence-electron chi connectivity index (χ3n) is 4.03. The van der Waals surface area contributed by atoms with Crippen molar-refractivity contribution in [3.8, 4) is 5.75 Å². The lowest BCUT2D eigenvalue weighted by Gasteiger charge is -2.28. The molecule has 0 bridgehead atoms. The van der Waals surface area contributed by atoms with Gasteiger partial charge in [0.2, 0.25) is 0 Å². The molecular formula is C15H20ClNO3. The van der Waals surface area contributed by atoms with Crippen molar-refractivity contribution < 1.29 is 15.0 Å². The third-order valence-corrected chi connectivity index (χ3v) is 4.38. The van der Waals surface area contributed by atoms with Crippen LogP contribution in [0.5, 0.6) is 5.75 Å². The number of phenolic OH excluding ortho intramolecular Hbond substituents is 1. The number of halogens is 1. The highest BCUT2D eigenvalue weighted by Gasteiger charge is 2.30. The van der Waals surface area contributed by atoms with Crippen molar-refractivity contribution in [3.63, 3.8) is 0 Å². The predicted octanol–water partition coefficient (Wildman–Crippen LogP) is 3.03. The summed E-state index contributed by atoms with van der Waals surface area (Å²) in [5, 5.41) is 22.7. The molecule has 5 heteroatoms. The van der Waals surface area contributed by atoms with Crippen molar-refractivity contribution in [1.29, 1.82) is 0 Å². The van der Waals surface area contributed by atoms with E-state index < -0.39 is 5.97 Å². The van der Waals surface area contributed by atoms with Gasteiger partial charge in [-0.25, -0.2) is 0 Å². The lowest BCUT2D eigenvalue weighted by molar-refractivity contribution is -0.144. The topological polar surface area (TPSA) is 69.6 Å². The van der Waals surface area contributed by atoms with Gasteiger partial charge < -0.3 is 15.5 Å². The van der Waals surface area contributed by atoms with Crippen molar-refractivity contribution in [2.45, 2.75) is 32.2 Å². The fourth-order valence-electron chi connectivity index (χ4n) is 2.88. The van der Waals surface area contributed by atoms with Crippen LogP contribution in [0, 0.1) is 11.8 Å². The zero-order chi connectivity index (χ0) is 14.5. The molecule has 1 aliphatic rings. The molecule has 3 N–H and O–H groups in total. The maximum Gasteiger partial charge on any atom is 0.306 e. The SMILES string of the molecule is O=C(O)C1CCCCC1CNCc1c(O)cccc1Cl. The molecule has 0 aromatic heterocycles. The van der Waals surface area contributed by atoms with Crippen LogP contribution in [0.4, 0.5) is 0 Å². The Bertz CT molecular complexity index is 458. The van der Waals surface area contributed by atoms with Crippen molar-refractivity contribution >= 4 is 17.6 Å². The van der Waals surface area contributed by atoms with E-state index in [1.807, 2.05) is 0 Å². The summed E-state index contributed by atoms with van der Waals surface area (Å²) in [6.45, 7) is 1.09. The minimum Gasteiger partial charge on any atom is -0.508 e. The molecule has 0 aliphatic heterocycles. The highest BCUT2D eigenvalue weighted by atomic mass is 35.5. The van der Waals surface area contributed by atoms with Gasteiger partial charge >= 0.3 is 5.97 Å². The van der Waals surface area contributed by atoms with Crippen LogP contribution >= 0.6 is 11.6 Å². The highest BCUT2D eigenvalue weighted by molar-refractivity contribution is 6.31. The number of hydrogen-bond acceptors (Lipinski definition) is 3. The van der Waals surface area contributed by atoms with Crippen molar-refractivity contribution in [2.75, 3.05) is 6.54 Å². The van der Waals surface area contributed by atoms with Crippen LogP contribution in [0.3, 0.4) is 0 Å². The summed E-state index contributed by atoms with van der Waals surface area (Å²) >= 11 is 6.04. The normalized spacial score (nSPS) is 22.6. The number of aliphatic carboxylic acids is 1. The Balaban J connectivity index is 1.90. The van der Waals surface area contributed by atoms with Gasteiger partial charge in [0.1, 0.15) is 5.75 Å². The second kappa shape index (κ2) is 6.95. The van der Waals surface area contributed by atoms with Gasteiger partial charge in [-0.3, -0.25) is 4.79 Å². The zero-order valence-corrected chi connectivity index (χ0v) is 12.1. The molecule has 0 radical (unpaired) electrons. The van der Waals surface area contributed by atoms with Gasteiger partial charge in [-0.2, -0.15) is 0 Å². The van der Waals surface area contributed by atoms with Crippen molar-refractivity contribution in [2.24, 2.45) is 11.8 Å². The second-order valence-corrected chi connectivity index (χ2v) is 5.76. The number of phenols is 1. The predicted molar refractivity (Wildman–Crippen MR) is 77.9 cm³/mol. The fourth-order valence-corrected chi connectivity index (χ4v) is 3.12. The van der Waals surface area contributed by atoms with Crippen molar-refractivity contribution in [3.05, 3.63) is 28.8 Å². The number of aromatic hydroxyl groups is 1. The van der Waals surface area contributed by atoms with Crippen LogP contribution < -0.4 is 5.32 Å². The first-order chi connectivity index (χ1) is 9.59. The Hall–Kier alpha value is -1.26. The van der Waals surface area contributed by atoms with Gasteiger partial charge in [-0.05, 0) is 37.4 Å². The minimum absolute atomic E-state index is 0.158. The molecule has 0 heterocycles. The largest absolute Gasteiger partial charge is 0.508 e. The average Bonchev–Trinajstić information content (AvgIpc) is 2.42. The van der Waals surface area contributed by atoms with Crippen LogP contribution in [0.1, 0.15) is 31.2 Å². The first kappa shape index (κ1) is 15.1. The molecule has 20 heavy (non-hydrogen) atoms. The van der Waals surface area contributed by atoms with E-state index in [1.54, 1.807) is 18.2 Å². The summed E-state index contributed by atoms with van der Waals surface area (Å²) in [5.74, 6) is -0.623. The van der Waals surface area contributed by atoms with Gasteiger partial charge in [0, 0.05) is 17.1 Å². The molecule has 1 aromatic carbocycles. The van der Waals surface area contributed by atoms with E-state index in [0.717, 1.165) is 25.7 Å². The summed E-state index contributed by atoms with van der Waals surface area (Å²) in [4.78, 5) is 11.2. The Morgan fingerprint density at radius 2 is 2.10 bits per heavy atom. The highest BCUT2D eigenvalue weighted by Crippen LogP contribution is 2.30. The number of benzene rings is 1. The maximum atomic E-state index is 11.2. The molecule has 2 rings (SSSR count). The quantitative estimate of drug-likeness (QED) is 0.781. The standard InChI is InChI=1S/C15H20ClNO3/c16-13-6-3-7-14(18)12(13)9-17-8-10-4-1-2-5-11(10)15(19)20/h3,6-7,10-11,17-18H,1-2,4-5,8-9H2,(H,19,20). The molecule has 1 aromatic rings. The van der Waals surface area contributed by atoms with Crippen LogP contribution in [0.15, 0.2) is 18.2 Å². The number of hydrogen-bond donors (Lipinski definition) is 3. The number of carboxylic acids is 1. The van der Waals surface area contributed by atoms with E-state index in [2.05, 4.69) is 5.32 Å². The van der Waals surface area contributed by atoms with Gasteiger partial charge in [-0.1, -0.05) is 30.5 Å². The number of carbonyl (C=O) groups is 1. The summed E-state index contributed by atoms with van der Waals surface area (Å²) in [5.41, 5.74) is 0.664. The average molecular weight is 298 g/mol. The molecule has 0 spiro atoms. The summed E-state index contributed by atoms with van der Waals surface area (Å²) in [6.07, 6.45) is 3.80. The van der Waals surface area contributed by atoms with Crippen LogP contribution in [0.25, 0.3) is 0 Å². The van der Waals surface area contributed by atoms with Crippen LogP contribution in [-0.2, 0) is 11.3 Å².